The Kier molecular flexibility index (Phi) is 5.14. The topological polar surface area (TPSA) is 32.3 Å². The second-order valence-corrected chi connectivity index (χ2v) is 4.91. The molecule has 84 valence electrons. The number of thiophene rings is 1. The number of thioether (sulfide) groups is 1. The van der Waals surface area contributed by atoms with Gasteiger partial charge in [0.25, 0.3) is 5.91 Å². The molecule has 0 aliphatic carbocycles. The van der Waals surface area contributed by atoms with Gasteiger partial charge in [0.05, 0.1) is 0 Å². The Morgan fingerprint density at radius 3 is 3.00 bits per heavy atom. The zero-order valence-electron chi connectivity index (χ0n) is 9.24. The Hall–Kier alpha value is -0.520. The van der Waals surface area contributed by atoms with Gasteiger partial charge < -0.3 is 10.2 Å². The van der Waals surface area contributed by atoms with E-state index in [9.17, 15) is 4.79 Å². The van der Waals surface area contributed by atoms with E-state index in [1.807, 2.05) is 31.8 Å². The number of nitrogens with zero attached hydrogens (tertiary/aromatic N) is 1. The minimum Gasteiger partial charge on any atom is -0.340 e. The monoisotopic (exact) mass is 244 g/mol. The zero-order valence-corrected chi connectivity index (χ0v) is 10.9. The lowest BCUT2D eigenvalue weighted by atomic mass is 10.4. The van der Waals surface area contributed by atoms with Crippen molar-refractivity contribution in [1.29, 1.82) is 0 Å². The summed E-state index contributed by atoms with van der Waals surface area (Å²) in [5.74, 6) is 0.115. The van der Waals surface area contributed by atoms with Crippen LogP contribution in [0.3, 0.4) is 0 Å². The fourth-order valence-electron chi connectivity index (χ4n) is 1.17. The van der Waals surface area contributed by atoms with Crippen molar-refractivity contribution in [2.24, 2.45) is 0 Å². The van der Waals surface area contributed by atoms with Crippen molar-refractivity contribution in [3.05, 3.63) is 16.3 Å². The van der Waals surface area contributed by atoms with E-state index in [0.717, 1.165) is 22.9 Å². The van der Waals surface area contributed by atoms with E-state index in [1.165, 1.54) is 11.3 Å². The van der Waals surface area contributed by atoms with Gasteiger partial charge in [0, 0.05) is 25.0 Å². The van der Waals surface area contributed by atoms with Gasteiger partial charge in [-0.05, 0) is 24.7 Å². The average molecular weight is 244 g/mol. The van der Waals surface area contributed by atoms with Gasteiger partial charge in [0.15, 0.2) is 0 Å². The van der Waals surface area contributed by atoms with Gasteiger partial charge in [-0.15, -0.1) is 23.1 Å². The Morgan fingerprint density at radius 2 is 2.40 bits per heavy atom. The molecule has 0 fully saturated rings. The summed E-state index contributed by atoms with van der Waals surface area (Å²) in [4.78, 5) is 15.7. The van der Waals surface area contributed by atoms with Gasteiger partial charge >= 0.3 is 0 Å². The van der Waals surface area contributed by atoms with Crippen LogP contribution in [0.15, 0.2) is 16.3 Å². The quantitative estimate of drug-likeness (QED) is 0.801. The first kappa shape index (κ1) is 12.5. The Balaban J connectivity index is 2.67. The number of hydrogen-bond acceptors (Lipinski definition) is 4. The third kappa shape index (κ3) is 3.22. The second kappa shape index (κ2) is 6.15. The van der Waals surface area contributed by atoms with Crippen LogP contribution in [-0.4, -0.2) is 44.2 Å². The van der Waals surface area contributed by atoms with Crippen LogP contribution in [0.1, 0.15) is 9.67 Å². The predicted molar refractivity (Wildman–Crippen MR) is 67.0 cm³/mol. The molecule has 0 aliphatic heterocycles. The van der Waals surface area contributed by atoms with Crippen LogP contribution in [0.25, 0.3) is 0 Å². The Labute approximate surface area is 98.9 Å². The molecule has 0 spiro atoms. The largest absolute Gasteiger partial charge is 0.340 e. The molecule has 15 heavy (non-hydrogen) atoms. The molecule has 0 radical (unpaired) electrons. The number of hydrogen-bond donors (Lipinski definition) is 1. The molecule has 1 amide bonds. The third-order valence-electron chi connectivity index (χ3n) is 2.09. The van der Waals surface area contributed by atoms with Crippen molar-refractivity contribution >= 4 is 29.0 Å². The van der Waals surface area contributed by atoms with Crippen molar-refractivity contribution in [3.63, 3.8) is 0 Å². The number of carbonyl (C=O) groups is 1. The molecule has 3 nitrogen and oxygen atoms in total. The summed E-state index contributed by atoms with van der Waals surface area (Å²) in [5, 5.41) is 4.99. The zero-order chi connectivity index (χ0) is 11.3. The van der Waals surface area contributed by atoms with E-state index >= 15 is 0 Å². The van der Waals surface area contributed by atoms with Crippen molar-refractivity contribution in [2.75, 3.05) is 33.4 Å². The lowest BCUT2D eigenvalue weighted by molar-refractivity contribution is 0.0798. The molecule has 1 aromatic rings. The number of likely N-dealkylation sites (N-methyl/N-ethyl adjacent to an activating group) is 2. The van der Waals surface area contributed by atoms with Crippen molar-refractivity contribution in [1.82, 2.24) is 10.2 Å². The van der Waals surface area contributed by atoms with Gasteiger partial charge in [-0.3, -0.25) is 4.79 Å². The van der Waals surface area contributed by atoms with Crippen molar-refractivity contribution in [2.45, 2.75) is 4.90 Å². The first-order valence-electron chi connectivity index (χ1n) is 4.72. The summed E-state index contributed by atoms with van der Waals surface area (Å²) in [6, 6.07) is 1.99. The fraction of sp³-hybridized carbons (Fsp3) is 0.500. The minimum atomic E-state index is 0.115. The van der Waals surface area contributed by atoms with Crippen molar-refractivity contribution < 1.29 is 4.79 Å². The molecule has 0 atom stereocenters. The summed E-state index contributed by atoms with van der Waals surface area (Å²) in [6.07, 6.45) is 1.99. The molecular formula is C10H16N2OS2. The predicted octanol–water partition coefficient (Wildman–Crippen LogP) is 1.76. The molecule has 1 N–H and O–H groups in total. The van der Waals surface area contributed by atoms with Crippen molar-refractivity contribution in [3.8, 4) is 0 Å². The second-order valence-electron chi connectivity index (χ2n) is 3.15. The number of rotatable bonds is 5. The molecule has 0 aliphatic rings. The van der Waals surface area contributed by atoms with Crippen LogP contribution in [0.4, 0.5) is 0 Å². The summed E-state index contributed by atoms with van der Waals surface area (Å²) < 4.78 is 0. The Morgan fingerprint density at radius 1 is 1.67 bits per heavy atom. The molecule has 1 heterocycles. The van der Waals surface area contributed by atoms with E-state index < -0.39 is 0 Å². The number of nitrogens with one attached hydrogen (secondary N) is 1. The van der Waals surface area contributed by atoms with Crippen LogP contribution in [0.2, 0.25) is 0 Å². The molecule has 5 heteroatoms. The summed E-state index contributed by atoms with van der Waals surface area (Å²) in [6.45, 7) is 1.56. The van der Waals surface area contributed by atoms with E-state index in [1.54, 1.807) is 16.7 Å². The molecular weight excluding hydrogens is 228 g/mol. The van der Waals surface area contributed by atoms with Gasteiger partial charge in [-0.2, -0.15) is 0 Å². The van der Waals surface area contributed by atoms with E-state index in [-0.39, 0.29) is 5.91 Å². The highest BCUT2D eigenvalue weighted by atomic mass is 32.2. The van der Waals surface area contributed by atoms with Crippen LogP contribution in [0, 0.1) is 0 Å². The maximum atomic E-state index is 12.0. The molecule has 0 unspecified atom stereocenters. The number of amides is 1. The first-order chi connectivity index (χ1) is 7.20. The normalized spacial score (nSPS) is 10.3. The van der Waals surface area contributed by atoms with Crippen LogP contribution >= 0.6 is 23.1 Å². The average Bonchev–Trinajstić information content (AvgIpc) is 2.72. The smallest absolute Gasteiger partial charge is 0.264 e. The van der Waals surface area contributed by atoms with Crippen LogP contribution < -0.4 is 5.32 Å². The molecule has 1 aromatic heterocycles. The molecule has 0 saturated heterocycles. The van der Waals surface area contributed by atoms with Gasteiger partial charge in [0.1, 0.15) is 4.88 Å². The van der Waals surface area contributed by atoms with Gasteiger partial charge in [-0.25, -0.2) is 0 Å². The lowest BCUT2D eigenvalue weighted by Crippen LogP contribution is -2.32. The van der Waals surface area contributed by atoms with Crippen LogP contribution in [-0.2, 0) is 0 Å². The van der Waals surface area contributed by atoms with E-state index in [4.69, 9.17) is 0 Å². The molecule has 0 aromatic carbocycles. The van der Waals surface area contributed by atoms with E-state index in [0.29, 0.717) is 0 Å². The highest BCUT2D eigenvalue weighted by Gasteiger charge is 2.16. The summed E-state index contributed by atoms with van der Waals surface area (Å²) in [5.41, 5.74) is 0. The highest BCUT2D eigenvalue weighted by Crippen LogP contribution is 2.26. The maximum Gasteiger partial charge on any atom is 0.264 e. The SMILES string of the molecule is CNCCN(C)C(=O)c1sccc1SC. The summed E-state index contributed by atoms with van der Waals surface area (Å²) in [7, 11) is 3.72. The minimum absolute atomic E-state index is 0.115. The lowest BCUT2D eigenvalue weighted by Gasteiger charge is -2.16. The van der Waals surface area contributed by atoms with E-state index in [2.05, 4.69) is 5.32 Å². The Bertz CT molecular complexity index is 325. The summed E-state index contributed by atoms with van der Waals surface area (Å²) >= 11 is 3.13. The molecule has 1 rings (SSSR count). The van der Waals surface area contributed by atoms with Gasteiger partial charge in [-0.1, -0.05) is 0 Å². The number of carbonyl (C=O) groups excluding carboxylic acids is 1. The molecule has 0 saturated carbocycles. The maximum absolute atomic E-state index is 12.0. The third-order valence-corrected chi connectivity index (χ3v) is 3.90. The standard InChI is InChI=1S/C10H16N2OS2/c1-11-5-6-12(2)10(13)9-8(14-3)4-7-15-9/h4,7,11H,5-6H2,1-3H3. The van der Waals surface area contributed by atoms with Crippen LogP contribution in [0.5, 0.6) is 0 Å². The highest BCUT2D eigenvalue weighted by molar-refractivity contribution is 7.98. The first-order valence-corrected chi connectivity index (χ1v) is 6.82. The molecule has 0 bridgehead atoms. The fourth-order valence-corrected chi connectivity index (χ4v) is 2.91. The van der Waals surface area contributed by atoms with Gasteiger partial charge in [0.2, 0.25) is 0 Å².